The topological polar surface area (TPSA) is 63.7 Å². The first-order valence-electron chi connectivity index (χ1n) is 7.90. The fourth-order valence-corrected chi connectivity index (χ4v) is 5.93. The zero-order valence-electron chi connectivity index (χ0n) is 14.5. The van der Waals surface area contributed by atoms with Crippen molar-refractivity contribution in [2.45, 2.75) is 49.1 Å². The second-order valence-corrected chi connectivity index (χ2v) is 10.1. The highest BCUT2D eigenvalue weighted by molar-refractivity contribution is 9.10. The molecule has 5 nitrogen and oxygen atoms in total. The summed E-state index contributed by atoms with van der Waals surface area (Å²) >= 11 is 3.37. The Bertz CT molecular complexity index is 882. The molecule has 0 saturated carbocycles. The van der Waals surface area contributed by atoms with Gasteiger partial charge in [-0.25, -0.2) is 13.2 Å². The van der Waals surface area contributed by atoms with Gasteiger partial charge in [0.25, 0.3) is 0 Å². The maximum Gasteiger partial charge on any atom is 0.412 e. The van der Waals surface area contributed by atoms with Crippen molar-refractivity contribution in [1.29, 1.82) is 0 Å². The summed E-state index contributed by atoms with van der Waals surface area (Å²) in [6.45, 7) is 7.08. The molecule has 0 aliphatic carbocycles. The first-order valence-corrected chi connectivity index (χ1v) is 10.2. The number of halogens is 1. The molecule has 1 aromatic carbocycles. The van der Waals surface area contributed by atoms with E-state index in [9.17, 15) is 13.2 Å². The summed E-state index contributed by atoms with van der Waals surface area (Å²) in [5.41, 5.74) is 0.0929. The molecule has 1 amide bonds. The highest BCUT2D eigenvalue weighted by atomic mass is 79.9. The predicted molar refractivity (Wildman–Crippen MR) is 98.9 cm³/mol. The molecular weight excluding hydrogens is 406 g/mol. The van der Waals surface area contributed by atoms with E-state index in [4.69, 9.17) is 4.74 Å². The van der Waals surface area contributed by atoms with Crippen LogP contribution in [0.2, 0.25) is 0 Å². The van der Waals surface area contributed by atoms with Gasteiger partial charge < -0.3 is 4.74 Å². The van der Waals surface area contributed by atoms with Gasteiger partial charge in [-0.05, 0) is 67.4 Å². The van der Waals surface area contributed by atoms with Gasteiger partial charge in [0.05, 0.1) is 10.9 Å². The Balaban J connectivity index is 2.10. The molecule has 1 aromatic rings. The van der Waals surface area contributed by atoms with Crippen LogP contribution in [-0.2, 0) is 14.6 Å². The number of fused-ring (bicyclic) bond motifs is 2. The third kappa shape index (κ3) is 2.73. The molecule has 134 valence electrons. The minimum Gasteiger partial charge on any atom is -0.444 e. The lowest BCUT2D eigenvalue weighted by Crippen LogP contribution is -2.52. The SMILES string of the molecule is Cc1cccc(S(=O)(=O)C23C=CC(C=C2)N3C(=O)OC(C)(C)C)c1Br. The van der Waals surface area contributed by atoms with Crippen LogP contribution in [0.25, 0.3) is 0 Å². The van der Waals surface area contributed by atoms with Crippen LogP contribution in [-0.4, -0.2) is 35.9 Å². The number of carbonyl (C=O) groups is 1. The van der Waals surface area contributed by atoms with E-state index in [1.807, 2.05) is 13.0 Å². The lowest BCUT2D eigenvalue weighted by Gasteiger charge is -2.35. The average Bonchev–Trinajstić information content (AvgIpc) is 3.05. The van der Waals surface area contributed by atoms with Crippen molar-refractivity contribution in [1.82, 2.24) is 4.90 Å². The minimum atomic E-state index is -3.91. The Morgan fingerprint density at radius 3 is 2.40 bits per heavy atom. The number of ether oxygens (including phenoxy) is 1. The van der Waals surface area contributed by atoms with Crippen LogP contribution in [0.15, 0.2) is 51.9 Å². The number of aryl methyl sites for hydroxylation is 1. The van der Waals surface area contributed by atoms with Crippen LogP contribution in [0.1, 0.15) is 26.3 Å². The number of hydrogen-bond acceptors (Lipinski definition) is 4. The molecule has 2 heterocycles. The van der Waals surface area contributed by atoms with Crippen LogP contribution >= 0.6 is 15.9 Å². The number of carbonyl (C=O) groups excluding carboxylic acids is 1. The standard InChI is InChI=1S/C18H20BrNO4S/c1-12-6-5-7-14(15(12)19)25(22,23)18-10-8-13(9-11-18)20(18)16(21)24-17(2,3)4/h5-11,13H,1-4H3. The van der Waals surface area contributed by atoms with E-state index in [-0.39, 0.29) is 4.90 Å². The summed E-state index contributed by atoms with van der Waals surface area (Å²) in [5, 5.41) is 0. The maximum absolute atomic E-state index is 13.5. The molecule has 2 bridgehead atoms. The number of benzene rings is 1. The summed E-state index contributed by atoms with van der Waals surface area (Å²) in [5.74, 6) is 0. The molecule has 2 aliphatic rings. The highest BCUT2D eigenvalue weighted by Crippen LogP contribution is 2.45. The lowest BCUT2D eigenvalue weighted by atomic mass is 10.2. The third-order valence-corrected chi connectivity index (χ3v) is 7.77. The first-order chi connectivity index (χ1) is 11.5. The van der Waals surface area contributed by atoms with Crippen molar-refractivity contribution >= 4 is 31.9 Å². The molecule has 2 aliphatic heterocycles. The van der Waals surface area contributed by atoms with Crippen LogP contribution in [0, 0.1) is 6.92 Å². The van der Waals surface area contributed by atoms with E-state index >= 15 is 0 Å². The third-order valence-electron chi connectivity index (χ3n) is 4.21. The van der Waals surface area contributed by atoms with Crippen molar-refractivity contribution in [2.24, 2.45) is 0 Å². The van der Waals surface area contributed by atoms with E-state index in [2.05, 4.69) is 15.9 Å². The molecule has 7 heteroatoms. The van der Waals surface area contributed by atoms with Gasteiger partial charge in [0.2, 0.25) is 9.84 Å². The average molecular weight is 426 g/mol. The molecule has 0 fully saturated rings. The number of hydrogen-bond donors (Lipinski definition) is 0. The van der Waals surface area contributed by atoms with Crippen LogP contribution in [0.5, 0.6) is 0 Å². The molecule has 0 aromatic heterocycles. The van der Waals surface area contributed by atoms with E-state index in [1.165, 1.54) is 4.90 Å². The lowest BCUT2D eigenvalue weighted by molar-refractivity contribution is 0.0217. The number of amides is 1. The Morgan fingerprint density at radius 1 is 1.24 bits per heavy atom. The zero-order valence-corrected chi connectivity index (χ0v) is 16.9. The Morgan fingerprint density at radius 2 is 1.84 bits per heavy atom. The normalized spacial score (nSPS) is 24.8. The van der Waals surface area contributed by atoms with Gasteiger partial charge in [-0.15, -0.1) is 0 Å². The van der Waals surface area contributed by atoms with E-state index in [1.54, 1.807) is 57.2 Å². The van der Waals surface area contributed by atoms with E-state index in [0.717, 1.165) is 5.56 Å². The molecule has 0 unspecified atom stereocenters. The van der Waals surface area contributed by atoms with Crippen molar-refractivity contribution < 1.29 is 17.9 Å². The Kier molecular flexibility index (Phi) is 4.15. The van der Waals surface area contributed by atoms with Crippen molar-refractivity contribution in [3.8, 4) is 0 Å². The van der Waals surface area contributed by atoms with Gasteiger partial charge in [0.1, 0.15) is 5.60 Å². The number of rotatable bonds is 2. The Hall–Kier alpha value is -1.60. The number of nitrogens with zero attached hydrogens (tertiary/aromatic N) is 1. The molecule has 3 rings (SSSR count). The minimum absolute atomic E-state index is 0.151. The second kappa shape index (κ2) is 5.71. The van der Waals surface area contributed by atoms with Crippen LogP contribution in [0.3, 0.4) is 0 Å². The smallest absolute Gasteiger partial charge is 0.412 e. The molecule has 0 saturated heterocycles. The highest BCUT2D eigenvalue weighted by Gasteiger charge is 2.57. The molecular formula is C18H20BrNO4S. The van der Waals surface area contributed by atoms with Gasteiger partial charge in [-0.1, -0.05) is 24.3 Å². The van der Waals surface area contributed by atoms with Crippen LogP contribution < -0.4 is 0 Å². The summed E-state index contributed by atoms with van der Waals surface area (Å²) in [6, 6.07) is 4.63. The summed E-state index contributed by atoms with van der Waals surface area (Å²) < 4.78 is 32.9. The van der Waals surface area contributed by atoms with Crippen molar-refractivity contribution in [2.75, 3.05) is 0 Å². The van der Waals surface area contributed by atoms with Gasteiger partial charge >= 0.3 is 6.09 Å². The fraction of sp³-hybridized carbons (Fsp3) is 0.389. The Labute approximate surface area is 156 Å². The molecule has 0 spiro atoms. The zero-order chi connectivity index (χ0) is 18.6. The monoisotopic (exact) mass is 425 g/mol. The maximum atomic E-state index is 13.5. The van der Waals surface area contributed by atoms with Gasteiger partial charge in [-0.2, -0.15) is 0 Å². The van der Waals surface area contributed by atoms with Gasteiger partial charge in [-0.3, -0.25) is 4.90 Å². The van der Waals surface area contributed by atoms with E-state index < -0.39 is 32.4 Å². The van der Waals surface area contributed by atoms with Gasteiger partial charge in [0, 0.05) is 4.47 Å². The summed E-state index contributed by atoms with van der Waals surface area (Å²) in [6.07, 6.45) is 5.90. The van der Waals surface area contributed by atoms with E-state index in [0.29, 0.717) is 4.47 Å². The quantitative estimate of drug-likeness (QED) is 0.672. The van der Waals surface area contributed by atoms with Crippen molar-refractivity contribution in [3.63, 3.8) is 0 Å². The molecule has 0 N–H and O–H groups in total. The second-order valence-electron chi connectivity index (χ2n) is 7.20. The molecule has 0 atom stereocenters. The van der Waals surface area contributed by atoms with Crippen LogP contribution in [0.4, 0.5) is 4.79 Å². The summed E-state index contributed by atoms with van der Waals surface area (Å²) in [7, 11) is -3.91. The first kappa shape index (κ1) is 18.2. The summed E-state index contributed by atoms with van der Waals surface area (Å²) in [4.78, 5) is 12.6. The fourth-order valence-electron chi connectivity index (χ4n) is 3.05. The molecule has 25 heavy (non-hydrogen) atoms. The molecule has 0 radical (unpaired) electrons. The van der Waals surface area contributed by atoms with Gasteiger partial charge in [0.15, 0.2) is 4.87 Å². The predicted octanol–water partition coefficient (Wildman–Crippen LogP) is 3.97. The van der Waals surface area contributed by atoms with Crippen molar-refractivity contribution in [3.05, 3.63) is 52.5 Å². The largest absolute Gasteiger partial charge is 0.444 e. The number of sulfone groups is 1.